The van der Waals surface area contributed by atoms with E-state index in [2.05, 4.69) is 34.9 Å². The molecule has 0 bridgehead atoms. The molecule has 0 atom stereocenters. The van der Waals surface area contributed by atoms with Gasteiger partial charge in [0.2, 0.25) is 0 Å². The summed E-state index contributed by atoms with van der Waals surface area (Å²) in [5, 5.41) is 0. The first-order valence-corrected chi connectivity index (χ1v) is 10.4. The van der Waals surface area contributed by atoms with Crippen LogP contribution in [0.4, 0.5) is 10.5 Å². The highest BCUT2D eigenvalue weighted by Gasteiger charge is 2.26. The van der Waals surface area contributed by atoms with Crippen molar-refractivity contribution in [2.45, 2.75) is 59.1 Å². The van der Waals surface area contributed by atoms with Crippen LogP contribution in [-0.4, -0.2) is 60.8 Å². The highest BCUT2D eigenvalue weighted by atomic mass is 16.6. The first-order valence-electron chi connectivity index (χ1n) is 10.4. The maximum absolute atomic E-state index is 12.2. The Kier molecular flexibility index (Phi) is 6.30. The third-order valence-electron chi connectivity index (χ3n) is 5.53. The molecule has 27 heavy (non-hydrogen) atoms. The van der Waals surface area contributed by atoms with Crippen molar-refractivity contribution in [3.63, 3.8) is 0 Å². The number of rotatable bonds is 3. The van der Waals surface area contributed by atoms with Crippen molar-refractivity contribution in [3.05, 3.63) is 29.3 Å². The van der Waals surface area contributed by atoms with E-state index in [4.69, 9.17) is 4.74 Å². The van der Waals surface area contributed by atoms with Crippen LogP contribution < -0.4 is 4.90 Å². The van der Waals surface area contributed by atoms with E-state index in [1.807, 2.05) is 25.7 Å². The van der Waals surface area contributed by atoms with Gasteiger partial charge in [0, 0.05) is 51.5 Å². The molecule has 3 rings (SSSR count). The molecule has 5 nitrogen and oxygen atoms in total. The van der Waals surface area contributed by atoms with E-state index in [0.717, 1.165) is 32.7 Å². The third kappa shape index (κ3) is 5.38. The Hall–Kier alpha value is -1.75. The van der Waals surface area contributed by atoms with E-state index in [0.29, 0.717) is 0 Å². The number of hydrogen-bond acceptors (Lipinski definition) is 4. The molecule has 2 saturated heterocycles. The molecule has 0 N–H and O–H groups in total. The van der Waals surface area contributed by atoms with E-state index >= 15 is 0 Å². The third-order valence-corrected chi connectivity index (χ3v) is 5.53. The molecule has 2 aliphatic heterocycles. The average molecular weight is 374 g/mol. The summed E-state index contributed by atoms with van der Waals surface area (Å²) < 4.78 is 5.50. The number of amides is 1. The summed E-state index contributed by atoms with van der Waals surface area (Å²) in [6.45, 7) is 14.6. The van der Waals surface area contributed by atoms with Gasteiger partial charge in [-0.05, 0) is 64.2 Å². The number of hydrogen-bond donors (Lipinski definition) is 0. The highest BCUT2D eigenvalue weighted by Crippen LogP contribution is 2.27. The lowest BCUT2D eigenvalue weighted by molar-refractivity contribution is 0.0139. The van der Waals surface area contributed by atoms with Gasteiger partial charge in [-0.3, -0.25) is 4.90 Å². The van der Waals surface area contributed by atoms with Gasteiger partial charge < -0.3 is 14.5 Å². The van der Waals surface area contributed by atoms with Gasteiger partial charge >= 0.3 is 6.09 Å². The normalized spacial score (nSPS) is 19.3. The van der Waals surface area contributed by atoms with Gasteiger partial charge in [0.05, 0.1) is 0 Å². The number of piperazine rings is 1. The topological polar surface area (TPSA) is 36.0 Å². The maximum Gasteiger partial charge on any atom is 0.410 e. The minimum absolute atomic E-state index is 0.189. The quantitative estimate of drug-likeness (QED) is 0.801. The first-order chi connectivity index (χ1) is 12.8. The Morgan fingerprint density at radius 2 is 1.67 bits per heavy atom. The lowest BCUT2D eigenvalue weighted by Gasteiger charge is -2.36. The summed E-state index contributed by atoms with van der Waals surface area (Å²) >= 11 is 0. The number of piperidine rings is 1. The summed E-state index contributed by atoms with van der Waals surface area (Å²) in [6.07, 6.45) is 3.77. The van der Waals surface area contributed by atoms with Gasteiger partial charge in [-0.15, -0.1) is 0 Å². The van der Waals surface area contributed by atoms with E-state index in [1.165, 1.54) is 49.2 Å². The molecule has 5 heteroatoms. The predicted octanol–water partition coefficient (Wildman–Crippen LogP) is 4.04. The fraction of sp³-hybridized carbons (Fsp3) is 0.682. The minimum Gasteiger partial charge on any atom is -0.444 e. The zero-order chi connectivity index (χ0) is 19.4. The molecule has 0 unspecified atom stereocenters. The van der Waals surface area contributed by atoms with E-state index in [1.54, 1.807) is 0 Å². The van der Waals surface area contributed by atoms with Crippen LogP contribution in [0.25, 0.3) is 0 Å². The van der Waals surface area contributed by atoms with Crippen LogP contribution in [0.2, 0.25) is 0 Å². The number of ether oxygens (including phenoxy) is 1. The SMILES string of the molecule is Cc1c(CN2CCN(C(=O)OC(C)(C)C)CC2)cccc1N1CCCCC1. The molecule has 0 spiro atoms. The monoisotopic (exact) mass is 373 g/mol. The number of anilines is 1. The molecule has 1 aromatic carbocycles. The van der Waals surface area contributed by atoms with Gasteiger partial charge in [0.1, 0.15) is 5.60 Å². The molecule has 1 aromatic rings. The Bertz CT molecular complexity index is 639. The Labute approximate surface area is 164 Å². The van der Waals surface area contributed by atoms with Crippen molar-refractivity contribution >= 4 is 11.8 Å². The predicted molar refractivity (Wildman–Crippen MR) is 110 cm³/mol. The van der Waals surface area contributed by atoms with Crippen molar-refractivity contribution in [1.29, 1.82) is 0 Å². The zero-order valence-corrected chi connectivity index (χ0v) is 17.5. The summed E-state index contributed by atoms with van der Waals surface area (Å²) in [5.74, 6) is 0. The molecule has 0 radical (unpaired) electrons. The molecule has 2 heterocycles. The second-order valence-electron chi connectivity index (χ2n) is 8.85. The van der Waals surface area contributed by atoms with Crippen LogP contribution in [-0.2, 0) is 11.3 Å². The van der Waals surface area contributed by atoms with E-state index < -0.39 is 5.60 Å². The lowest BCUT2D eigenvalue weighted by Crippen LogP contribution is -2.49. The number of nitrogens with zero attached hydrogens (tertiary/aromatic N) is 3. The minimum atomic E-state index is -0.430. The van der Waals surface area contributed by atoms with Gasteiger partial charge in [0.15, 0.2) is 0 Å². The molecule has 2 fully saturated rings. The van der Waals surface area contributed by atoms with Gasteiger partial charge in [0.25, 0.3) is 0 Å². The van der Waals surface area contributed by atoms with E-state index in [-0.39, 0.29) is 6.09 Å². The standard InChI is InChI=1S/C22H35N3O2/c1-18-19(9-8-10-20(18)24-11-6-5-7-12-24)17-23-13-15-25(16-14-23)21(26)27-22(2,3)4/h8-10H,5-7,11-17H2,1-4H3. The summed E-state index contributed by atoms with van der Waals surface area (Å²) in [4.78, 5) is 19.1. The second kappa shape index (κ2) is 8.51. The molecular weight excluding hydrogens is 338 g/mol. The van der Waals surface area contributed by atoms with Crippen LogP contribution >= 0.6 is 0 Å². The zero-order valence-electron chi connectivity index (χ0n) is 17.5. The summed E-state index contributed by atoms with van der Waals surface area (Å²) in [6, 6.07) is 6.72. The molecule has 2 aliphatic rings. The summed E-state index contributed by atoms with van der Waals surface area (Å²) in [5.41, 5.74) is 3.79. The van der Waals surface area contributed by atoms with Crippen LogP contribution in [0.3, 0.4) is 0 Å². The number of carbonyl (C=O) groups is 1. The van der Waals surface area contributed by atoms with Crippen molar-refractivity contribution in [2.24, 2.45) is 0 Å². The smallest absolute Gasteiger partial charge is 0.410 e. The molecule has 1 amide bonds. The average Bonchev–Trinajstić information content (AvgIpc) is 2.63. The van der Waals surface area contributed by atoms with Crippen molar-refractivity contribution < 1.29 is 9.53 Å². The van der Waals surface area contributed by atoms with Crippen LogP contribution in [0.5, 0.6) is 0 Å². The highest BCUT2D eigenvalue weighted by molar-refractivity contribution is 5.68. The number of carbonyl (C=O) groups excluding carboxylic acids is 1. The second-order valence-corrected chi connectivity index (χ2v) is 8.85. The fourth-order valence-corrected chi connectivity index (χ4v) is 3.97. The number of benzene rings is 1. The maximum atomic E-state index is 12.2. The van der Waals surface area contributed by atoms with Crippen molar-refractivity contribution in [2.75, 3.05) is 44.2 Å². The van der Waals surface area contributed by atoms with Gasteiger partial charge in [-0.2, -0.15) is 0 Å². The first kappa shape index (κ1) is 20.0. The Morgan fingerprint density at radius 1 is 1.00 bits per heavy atom. The lowest BCUT2D eigenvalue weighted by atomic mass is 10.0. The Balaban J connectivity index is 1.57. The van der Waals surface area contributed by atoms with Crippen LogP contribution in [0.1, 0.15) is 51.2 Å². The van der Waals surface area contributed by atoms with Crippen LogP contribution in [0, 0.1) is 6.92 Å². The molecule has 0 saturated carbocycles. The molecular formula is C22H35N3O2. The fourth-order valence-electron chi connectivity index (χ4n) is 3.97. The molecule has 0 aromatic heterocycles. The largest absolute Gasteiger partial charge is 0.444 e. The van der Waals surface area contributed by atoms with Gasteiger partial charge in [-0.25, -0.2) is 4.79 Å². The van der Waals surface area contributed by atoms with E-state index in [9.17, 15) is 4.79 Å². The van der Waals surface area contributed by atoms with Gasteiger partial charge in [-0.1, -0.05) is 12.1 Å². The van der Waals surface area contributed by atoms with Crippen LogP contribution in [0.15, 0.2) is 18.2 Å². The molecule has 0 aliphatic carbocycles. The van der Waals surface area contributed by atoms with Crippen molar-refractivity contribution in [1.82, 2.24) is 9.80 Å². The summed E-state index contributed by atoms with van der Waals surface area (Å²) in [7, 11) is 0. The molecule has 150 valence electrons. The Morgan fingerprint density at radius 3 is 2.30 bits per heavy atom. The van der Waals surface area contributed by atoms with Crippen molar-refractivity contribution in [3.8, 4) is 0 Å².